The van der Waals surface area contributed by atoms with Crippen LogP contribution in [0, 0.1) is 0 Å². The lowest BCUT2D eigenvalue weighted by Gasteiger charge is -2.27. The van der Waals surface area contributed by atoms with E-state index < -0.39 is 0 Å². The molecule has 1 heterocycles. The van der Waals surface area contributed by atoms with Gasteiger partial charge in [0, 0.05) is 19.2 Å². The van der Waals surface area contributed by atoms with Gasteiger partial charge in [-0.1, -0.05) is 35.3 Å². The number of piperidine rings is 1. The molecule has 0 atom stereocenters. The molecule has 0 radical (unpaired) electrons. The Balaban J connectivity index is 1.56. The van der Waals surface area contributed by atoms with Gasteiger partial charge in [-0.2, -0.15) is 0 Å². The van der Waals surface area contributed by atoms with Crippen LogP contribution in [0.25, 0.3) is 0 Å². The van der Waals surface area contributed by atoms with E-state index in [1.807, 2.05) is 4.90 Å². The molecule has 0 unspecified atom stereocenters. The fourth-order valence-corrected chi connectivity index (χ4v) is 3.37. The minimum Gasteiger partial charge on any atom is -0.493 e. The number of carbonyl (C=O) groups excluding carboxylic acids is 2. The number of nitrogens with zero attached hydrogens (tertiary/aromatic N) is 1. The summed E-state index contributed by atoms with van der Waals surface area (Å²) >= 11 is 11.8. The Morgan fingerprint density at radius 3 is 2.50 bits per heavy atom. The average molecular weight is 421 g/mol. The highest BCUT2D eigenvalue weighted by Gasteiger charge is 2.21. The lowest BCUT2D eigenvalue weighted by molar-refractivity contribution is -0.116. The monoisotopic (exact) mass is 420 g/mol. The van der Waals surface area contributed by atoms with Gasteiger partial charge < -0.3 is 15.0 Å². The van der Waals surface area contributed by atoms with Crippen LogP contribution in [0.5, 0.6) is 5.75 Å². The molecular weight excluding hydrogens is 399 g/mol. The first-order chi connectivity index (χ1) is 13.5. The quantitative estimate of drug-likeness (QED) is 0.712. The summed E-state index contributed by atoms with van der Waals surface area (Å²) in [5, 5.41) is 3.67. The Hall–Kier alpha value is -2.24. The summed E-state index contributed by atoms with van der Waals surface area (Å²) in [5.74, 6) is 0.282. The normalized spacial score (nSPS) is 13.9. The van der Waals surface area contributed by atoms with E-state index in [1.165, 1.54) is 0 Å². The molecule has 28 heavy (non-hydrogen) atoms. The number of carbonyl (C=O) groups is 2. The number of anilines is 1. The van der Waals surface area contributed by atoms with Crippen molar-refractivity contribution in [3.8, 4) is 5.75 Å². The Morgan fingerprint density at radius 1 is 1.00 bits per heavy atom. The second kappa shape index (κ2) is 9.80. The molecule has 2 aromatic rings. The smallest absolute Gasteiger partial charge is 0.255 e. The molecule has 0 bridgehead atoms. The number of para-hydroxylation sites is 1. The summed E-state index contributed by atoms with van der Waals surface area (Å²) in [6.07, 6.45) is 3.34. The maximum Gasteiger partial charge on any atom is 0.255 e. The minimum absolute atomic E-state index is 0.0392. The number of hydrogen-bond acceptors (Lipinski definition) is 3. The van der Waals surface area contributed by atoms with Crippen LogP contribution in [0.2, 0.25) is 10.0 Å². The molecule has 3 rings (SSSR count). The van der Waals surface area contributed by atoms with Crippen molar-refractivity contribution in [2.45, 2.75) is 25.7 Å². The first-order valence-electron chi connectivity index (χ1n) is 9.30. The Kier molecular flexibility index (Phi) is 7.18. The molecule has 0 aromatic heterocycles. The minimum atomic E-state index is -0.223. The topological polar surface area (TPSA) is 58.6 Å². The third-order valence-electron chi connectivity index (χ3n) is 4.56. The first kappa shape index (κ1) is 20.5. The van der Waals surface area contributed by atoms with Crippen LogP contribution in [0.15, 0.2) is 42.5 Å². The van der Waals surface area contributed by atoms with Gasteiger partial charge in [0.1, 0.15) is 5.75 Å². The molecule has 0 spiro atoms. The van der Waals surface area contributed by atoms with Crippen molar-refractivity contribution >= 4 is 40.7 Å². The number of nitrogens with one attached hydrogen (secondary N) is 1. The number of likely N-dealkylation sites (tertiary alicyclic amines) is 1. The highest BCUT2D eigenvalue weighted by atomic mass is 35.5. The van der Waals surface area contributed by atoms with Crippen molar-refractivity contribution in [2.75, 3.05) is 25.0 Å². The van der Waals surface area contributed by atoms with E-state index in [9.17, 15) is 9.59 Å². The van der Waals surface area contributed by atoms with Gasteiger partial charge in [0.2, 0.25) is 5.91 Å². The van der Waals surface area contributed by atoms with Crippen LogP contribution >= 0.6 is 23.2 Å². The molecule has 7 heteroatoms. The van der Waals surface area contributed by atoms with Crippen LogP contribution in [0.4, 0.5) is 5.69 Å². The van der Waals surface area contributed by atoms with Crippen LogP contribution in [-0.4, -0.2) is 36.4 Å². The number of halogens is 2. The second-order valence-electron chi connectivity index (χ2n) is 6.62. The molecule has 148 valence electrons. The van der Waals surface area contributed by atoms with Crippen LogP contribution in [-0.2, 0) is 4.79 Å². The number of rotatable bonds is 6. The third kappa shape index (κ3) is 5.40. The standard InChI is InChI=1S/C21H22Cl2N2O3/c22-17-9-8-15(14-18(17)23)28-13-10-20(26)24-19-7-3-2-6-16(19)21(27)25-11-4-1-5-12-25/h2-3,6-9,14H,1,4-5,10-13H2,(H,24,26). The molecule has 1 aliphatic heterocycles. The van der Waals surface area contributed by atoms with E-state index in [0.29, 0.717) is 27.0 Å². The van der Waals surface area contributed by atoms with E-state index in [-0.39, 0.29) is 24.8 Å². The number of benzene rings is 2. The van der Waals surface area contributed by atoms with Gasteiger partial charge in [0.05, 0.1) is 34.3 Å². The number of ether oxygens (including phenoxy) is 1. The molecule has 0 saturated carbocycles. The van der Waals surface area contributed by atoms with Gasteiger partial charge in [-0.15, -0.1) is 0 Å². The largest absolute Gasteiger partial charge is 0.493 e. The molecule has 1 saturated heterocycles. The van der Waals surface area contributed by atoms with Crippen molar-refractivity contribution in [3.05, 3.63) is 58.1 Å². The van der Waals surface area contributed by atoms with E-state index in [0.717, 1.165) is 32.4 Å². The van der Waals surface area contributed by atoms with Gasteiger partial charge in [-0.3, -0.25) is 9.59 Å². The number of hydrogen-bond donors (Lipinski definition) is 1. The zero-order valence-electron chi connectivity index (χ0n) is 15.4. The van der Waals surface area contributed by atoms with Crippen molar-refractivity contribution in [2.24, 2.45) is 0 Å². The molecule has 0 aliphatic carbocycles. The van der Waals surface area contributed by atoms with Gasteiger partial charge in [-0.05, 0) is 43.5 Å². The maximum atomic E-state index is 12.8. The van der Waals surface area contributed by atoms with Crippen LogP contribution < -0.4 is 10.1 Å². The summed E-state index contributed by atoms with van der Waals surface area (Å²) < 4.78 is 5.54. The summed E-state index contributed by atoms with van der Waals surface area (Å²) in [4.78, 5) is 26.9. The fraction of sp³-hybridized carbons (Fsp3) is 0.333. The van der Waals surface area contributed by atoms with Gasteiger partial charge in [-0.25, -0.2) is 0 Å². The zero-order chi connectivity index (χ0) is 19.9. The van der Waals surface area contributed by atoms with Gasteiger partial charge >= 0.3 is 0 Å². The van der Waals surface area contributed by atoms with E-state index in [4.69, 9.17) is 27.9 Å². The summed E-state index contributed by atoms with van der Waals surface area (Å²) in [5.41, 5.74) is 1.04. The van der Waals surface area contributed by atoms with Gasteiger partial charge in [0.25, 0.3) is 5.91 Å². The second-order valence-corrected chi connectivity index (χ2v) is 7.44. The molecule has 1 N–H and O–H groups in total. The van der Waals surface area contributed by atoms with Crippen molar-refractivity contribution in [1.29, 1.82) is 0 Å². The van der Waals surface area contributed by atoms with Gasteiger partial charge in [0.15, 0.2) is 0 Å². The third-order valence-corrected chi connectivity index (χ3v) is 5.30. The SMILES string of the molecule is O=C(CCOc1ccc(Cl)c(Cl)c1)Nc1ccccc1C(=O)N1CCCCC1. The zero-order valence-corrected chi connectivity index (χ0v) is 16.9. The maximum absolute atomic E-state index is 12.8. The summed E-state index contributed by atoms with van der Waals surface area (Å²) in [7, 11) is 0. The lowest BCUT2D eigenvalue weighted by atomic mass is 10.1. The molecule has 2 amide bonds. The van der Waals surface area contributed by atoms with E-state index in [2.05, 4.69) is 5.32 Å². The summed E-state index contributed by atoms with van der Waals surface area (Å²) in [6.45, 7) is 1.71. The fourth-order valence-electron chi connectivity index (χ4n) is 3.09. The van der Waals surface area contributed by atoms with Crippen molar-refractivity contribution < 1.29 is 14.3 Å². The van der Waals surface area contributed by atoms with E-state index >= 15 is 0 Å². The highest BCUT2D eigenvalue weighted by molar-refractivity contribution is 6.42. The molecule has 1 fully saturated rings. The predicted octanol–water partition coefficient (Wildman–Crippen LogP) is 5.03. The molecular formula is C21H22Cl2N2O3. The number of amides is 2. The molecule has 5 nitrogen and oxygen atoms in total. The average Bonchev–Trinajstić information content (AvgIpc) is 2.71. The Morgan fingerprint density at radius 2 is 1.75 bits per heavy atom. The predicted molar refractivity (Wildman–Crippen MR) is 111 cm³/mol. The molecule has 1 aliphatic rings. The highest BCUT2D eigenvalue weighted by Crippen LogP contribution is 2.26. The van der Waals surface area contributed by atoms with Crippen LogP contribution in [0.3, 0.4) is 0 Å². The van der Waals surface area contributed by atoms with Crippen molar-refractivity contribution in [3.63, 3.8) is 0 Å². The van der Waals surface area contributed by atoms with E-state index in [1.54, 1.807) is 42.5 Å². The first-order valence-corrected chi connectivity index (χ1v) is 10.1. The Bertz CT molecular complexity index is 851. The Labute approximate surface area is 174 Å². The molecule has 2 aromatic carbocycles. The van der Waals surface area contributed by atoms with Crippen LogP contribution in [0.1, 0.15) is 36.0 Å². The van der Waals surface area contributed by atoms with Crippen molar-refractivity contribution in [1.82, 2.24) is 4.90 Å². The summed E-state index contributed by atoms with van der Waals surface area (Å²) in [6, 6.07) is 12.0. The lowest BCUT2D eigenvalue weighted by Crippen LogP contribution is -2.36.